The van der Waals surface area contributed by atoms with Crippen LogP contribution in [-0.2, 0) is 12.8 Å². The molecule has 0 saturated heterocycles. The molecule has 1 aromatic rings. The Kier molecular flexibility index (Phi) is 3.19. The summed E-state index contributed by atoms with van der Waals surface area (Å²) in [6, 6.07) is 4.30. The van der Waals surface area contributed by atoms with Crippen molar-refractivity contribution in [1.82, 2.24) is 4.98 Å². The fourth-order valence-electron chi connectivity index (χ4n) is 2.87. The number of rotatable bonds is 4. The summed E-state index contributed by atoms with van der Waals surface area (Å²) in [5.74, 6) is 1.70. The van der Waals surface area contributed by atoms with Gasteiger partial charge in [-0.3, -0.25) is 0 Å². The number of nitriles is 1. The van der Waals surface area contributed by atoms with Gasteiger partial charge in [-0.05, 0) is 43.2 Å². The van der Waals surface area contributed by atoms with Gasteiger partial charge >= 0.3 is 0 Å². The minimum Gasteiger partial charge on any atom is -0.369 e. The third-order valence-electron chi connectivity index (χ3n) is 4.24. The van der Waals surface area contributed by atoms with Crippen molar-refractivity contribution in [2.24, 2.45) is 5.92 Å². The average molecular weight is 241 g/mol. The molecule has 3 nitrogen and oxygen atoms in total. The van der Waals surface area contributed by atoms with Crippen LogP contribution in [0.3, 0.4) is 0 Å². The third-order valence-corrected chi connectivity index (χ3v) is 4.24. The minimum atomic E-state index is 0.712. The number of nitrogens with zero attached hydrogens (tertiary/aromatic N) is 2. The zero-order valence-electron chi connectivity index (χ0n) is 10.7. The summed E-state index contributed by atoms with van der Waals surface area (Å²) in [5, 5.41) is 12.5. The first-order chi connectivity index (χ1) is 8.86. The Morgan fingerprint density at radius 1 is 1.33 bits per heavy atom. The van der Waals surface area contributed by atoms with Crippen LogP contribution in [0.15, 0.2) is 6.07 Å². The highest BCUT2D eigenvalue weighted by atomic mass is 15.0. The van der Waals surface area contributed by atoms with Crippen molar-refractivity contribution >= 4 is 5.82 Å². The molecule has 2 aliphatic carbocycles. The lowest BCUT2D eigenvalue weighted by molar-refractivity contribution is 0.303. The number of aryl methyl sites for hydroxylation is 2. The molecule has 18 heavy (non-hydrogen) atoms. The Labute approximate surface area is 108 Å². The van der Waals surface area contributed by atoms with Crippen LogP contribution in [-0.4, -0.2) is 11.5 Å². The standard InChI is InChI=1S/C15H19N3/c16-10-13-9-12-5-2-6-14(12)18-15(13)17-8-7-11-3-1-4-11/h9,11H,1-8H2,(H,17,18). The predicted molar refractivity (Wildman–Crippen MR) is 71.4 cm³/mol. The number of hydrogen-bond donors (Lipinski definition) is 1. The molecule has 2 aliphatic rings. The Morgan fingerprint density at radius 3 is 2.94 bits per heavy atom. The van der Waals surface area contributed by atoms with E-state index in [0.29, 0.717) is 5.56 Å². The molecule has 0 bridgehead atoms. The zero-order chi connectivity index (χ0) is 12.4. The van der Waals surface area contributed by atoms with Gasteiger partial charge in [-0.2, -0.15) is 5.26 Å². The van der Waals surface area contributed by atoms with Crippen molar-refractivity contribution in [3.05, 3.63) is 22.9 Å². The molecule has 0 atom stereocenters. The smallest absolute Gasteiger partial charge is 0.144 e. The van der Waals surface area contributed by atoms with Crippen LogP contribution in [0.4, 0.5) is 5.82 Å². The topological polar surface area (TPSA) is 48.7 Å². The van der Waals surface area contributed by atoms with E-state index in [1.165, 1.54) is 43.4 Å². The first-order valence-corrected chi connectivity index (χ1v) is 7.03. The third kappa shape index (κ3) is 2.20. The highest BCUT2D eigenvalue weighted by Crippen LogP contribution is 2.29. The van der Waals surface area contributed by atoms with Crippen LogP contribution in [0.2, 0.25) is 0 Å². The molecule has 1 heterocycles. The van der Waals surface area contributed by atoms with Gasteiger partial charge in [-0.1, -0.05) is 19.3 Å². The van der Waals surface area contributed by atoms with Gasteiger partial charge in [0, 0.05) is 12.2 Å². The van der Waals surface area contributed by atoms with E-state index in [2.05, 4.69) is 16.4 Å². The van der Waals surface area contributed by atoms with Gasteiger partial charge in [-0.25, -0.2) is 4.98 Å². The van der Waals surface area contributed by atoms with Crippen LogP contribution >= 0.6 is 0 Å². The molecular formula is C15H19N3. The summed E-state index contributed by atoms with van der Waals surface area (Å²) in [7, 11) is 0. The molecule has 1 fully saturated rings. The Hall–Kier alpha value is -1.56. The quantitative estimate of drug-likeness (QED) is 0.881. The van der Waals surface area contributed by atoms with Gasteiger partial charge in [0.05, 0.1) is 5.56 Å². The summed E-state index contributed by atoms with van der Waals surface area (Å²) < 4.78 is 0. The summed E-state index contributed by atoms with van der Waals surface area (Å²) in [5.41, 5.74) is 3.18. The van der Waals surface area contributed by atoms with Crippen LogP contribution in [0.5, 0.6) is 0 Å². The fourth-order valence-corrected chi connectivity index (χ4v) is 2.87. The summed E-state index contributed by atoms with van der Waals surface area (Å²) in [6.45, 7) is 0.950. The largest absolute Gasteiger partial charge is 0.369 e. The van der Waals surface area contributed by atoms with E-state index in [1.807, 2.05) is 6.07 Å². The zero-order valence-corrected chi connectivity index (χ0v) is 10.7. The second-order valence-corrected chi connectivity index (χ2v) is 5.47. The van der Waals surface area contributed by atoms with Gasteiger partial charge in [0.2, 0.25) is 0 Å². The second-order valence-electron chi connectivity index (χ2n) is 5.47. The molecule has 1 N–H and O–H groups in total. The van der Waals surface area contributed by atoms with Gasteiger partial charge in [0.25, 0.3) is 0 Å². The number of nitrogens with one attached hydrogen (secondary N) is 1. The van der Waals surface area contributed by atoms with Crippen molar-refractivity contribution in [1.29, 1.82) is 5.26 Å². The molecule has 1 aromatic heterocycles. The Balaban J connectivity index is 1.68. The predicted octanol–water partition coefficient (Wildman–Crippen LogP) is 3.04. The van der Waals surface area contributed by atoms with Crippen molar-refractivity contribution < 1.29 is 0 Å². The molecule has 3 heteroatoms. The minimum absolute atomic E-state index is 0.712. The maximum absolute atomic E-state index is 9.19. The Bertz CT molecular complexity index is 483. The molecule has 0 radical (unpaired) electrons. The van der Waals surface area contributed by atoms with E-state index >= 15 is 0 Å². The van der Waals surface area contributed by atoms with Gasteiger partial charge in [0.1, 0.15) is 11.9 Å². The number of anilines is 1. The monoisotopic (exact) mass is 241 g/mol. The average Bonchev–Trinajstić information content (AvgIpc) is 2.78. The maximum atomic E-state index is 9.19. The van der Waals surface area contributed by atoms with Gasteiger partial charge < -0.3 is 5.32 Å². The van der Waals surface area contributed by atoms with E-state index in [1.54, 1.807) is 0 Å². The van der Waals surface area contributed by atoms with Crippen molar-refractivity contribution in [2.75, 3.05) is 11.9 Å². The first-order valence-electron chi connectivity index (χ1n) is 7.03. The number of pyridine rings is 1. The van der Waals surface area contributed by atoms with Crippen LogP contribution in [0.1, 0.15) is 48.9 Å². The Morgan fingerprint density at radius 2 is 2.22 bits per heavy atom. The molecule has 3 rings (SSSR count). The van der Waals surface area contributed by atoms with Crippen LogP contribution in [0, 0.1) is 17.2 Å². The van der Waals surface area contributed by atoms with E-state index in [0.717, 1.165) is 31.1 Å². The van der Waals surface area contributed by atoms with Crippen LogP contribution < -0.4 is 5.32 Å². The van der Waals surface area contributed by atoms with E-state index in [9.17, 15) is 5.26 Å². The normalized spacial score (nSPS) is 17.9. The maximum Gasteiger partial charge on any atom is 0.144 e. The lowest BCUT2D eigenvalue weighted by Crippen LogP contribution is -2.16. The number of fused-ring (bicyclic) bond motifs is 1. The molecule has 0 aromatic carbocycles. The molecule has 0 spiro atoms. The molecule has 94 valence electrons. The molecule has 0 unspecified atom stereocenters. The van der Waals surface area contributed by atoms with Crippen LogP contribution in [0.25, 0.3) is 0 Å². The highest BCUT2D eigenvalue weighted by Gasteiger charge is 2.18. The highest BCUT2D eigenvalue weighted by molar-refractivity contribution is 5.55. The second kappa shape index (κ2) is 4.97. The lowest BCUT2D eigenvalue weighted by atomic mass is 9.83. The fraction of sp³-hybridized carbons (Fsp3) is 0.600. The molecule has 1 saturated carbocycles. The summed E-state index contributed by atoms with van der Waals surface area (Å²) >= 11 is 0. The van der Waals surface area contributed by atoms with E-state index in [-0.39, 0.29) is 0 Å². The van der Waals surface area contributed by atoms with E-state index in [4.69, 9.17) is 0 Å². The van der Waals surface area contributed by atoms with Crippen molar-refractivity contribution in [3.8, 4) is 6.07 Å². The number of hydrogen-bond acceptors (Lipinski definition) is 3. The lowest BCUT2D eigenvalue weighted by Gasteiger charge is -2.25. The SMILES string of the molecule is N#Cc1cc2c(nc1NCCC1CCC1)CCC2. The molecular weight excluding hydrogens is 222 g/mol. The van der Waals surface area contributed by atoms with Gasteiger partial charge in [0.15, 0.2) is 0 Å². The number of aromatic nitrogens is 1. The van der Waals surface area contributed by atoms with Gasteiger partial charge in [-0.15, -0.1) is 0 Å². The summed E-state index contributed by atoms with van der Waals surface area (Å²) in [6.07, 6.45) is 8.69. The first kappa shape index (κ1) is 11.5. The van der Waals surface area contributed by atoms with Crippen molar-refractivity contribution in [3.63, 3.8) is 0 Å². The molecule has 0 amide bonds. The van der Waals surface area contributed by atoms with Crippen molar-refractivity contribution in [2.45, 2.75) is 44.9 Å². The van der Waals surface area contributed by atoms with E-state index < -0.39 is 0 Å². The molecule has 0 aliphatic heterocycles. The summed E-state index contributed by atoms with van der Waals surface area (Å²) in [4.78, 5) is 4.63.